The predicted octanol–water partition coefficient (Wildman–Crippen LogP) is 4.54. The normalized spacial score (nSPS) is 15.4. The number of benzene rings is 3. The van der Waals surface area contributed by atoms with Crippen LogP contribution in [0.1, 0.15) is 50.7 Å². The molecule has 1 unspecified atom stereocenters. The van der Waals surface area contributed by atoms with Crippen LogP contribution in [-0.2, 0) is 14.4 Å². The van der Waals surface area contributed by atoms with Crippen LogP contribution in [0.4, 0.5) is 5.69 Å². The Morgan fingerprint density at radius 1 is 0.917 bits per heavy atom. The van der Waals surface area contributed by atoms with Gasteiger partial charge in [-0.2, -0.15) is 0 Å². The standard InChI is InChI=1S/C29H31N3O4/c1-18(2)21-13-15-22(16-14-21)36-17-27(33)30-20(4)28(34)31-32-26-12-8-7-11-25(26)24-10-6-5-9-23(24)19(3)29(32)35/h5-16,18-20H,17H2,1-4H3,(H,30,33)(H,31,34)/t19?,20-/m0/s1. The number of ether oxygens (including phenoxy) is 1. The molecule has 3 amide bonds. The van der Waals surface area contributed by atoms with Crippen molar-refractivity contribution >= 4 is 23.4 Å². The van der Waals surface area contributed by atoms with Crippen LogP contribution in [-0.4, -0.2) is 30.4 Å². The summed E-state index contributed by atoms with van der Waals surface area (Å²) in [6.07, 6.45) is 0. The number of nitrogens with zero attached hydrogens (tertiary/aromatic N) is 1. The second kappa shape index (κ2) is 10.6. The van der Waals surface area contributed by atoms with Crippen molar-refractivity contribution in [1.82, 2.24) is 10.7 Å². The number of hydrogen-bond donors (Lipinski definition) is 2. The van der Waals surface area contributed by atoms with Gasteiger partial charge in [0.25, 0.3) is 17.7 Å². The van der Waals surface area contributed by atoms with Crippen LogP contribution in [0.3, 0.4) is 0 Å². The summed E-state index contributed by atoms with van der Waals surface area (Å²) in [5, 5.41) is 3.93. The van der Waals surface area contributed by atoms with Crippen LogP contribution in [0.2, 0.25) is 0 Å². The number of para-hydroxylation sites is 1. The molecule has 0 radical (unpaired) electrons. The van der Waals surface area contributed by atoms with Gasteiger partial charge < -0.3 is 10.1 Å². The van der Waals surface area contributed by atoms with E-state index in [9.17, 15) is 14.4 Å². The van der Waals surface area contributed by atoms with Crippen LogP contribution < -0.4 is 20.5 Å². The first kappa shape index (κ1) is 25.0. The van der Waals surface area contributed by atoms with Crippen molar-refractivity contribution in [3.8, 4) is 16.9 Å². The summed E-state index contributed by atoms with van der Waals surface area (Å²) in [7, 11) is 0. The Bertz CT molecular complexity index is 1270. The average Bonchev–Trinajstić information content (AvgIpc) is 2.97. The van der Waals surface area contributed by atoms with Crippen LogP contribution >= 0.6 is 0 Å². The molecule has 0 saturated heterocycles. The molecule has 0 spiro atoms. The van der Waals surface area contributed by atoms with Gasteiger partial charge >= 0.3 is 0 Å². The Morgan fingerprint density at radius 3 is 2.25 bits per heavy atom. The lowest BCUT2D eigenvalue weighted by Crippen LogP contribution is -2.54. The number of rotatable bonds is 7. The van der Waals surface area contributed by atoms with Gasteiger partial charge in [0.2, 0.25) is 0 Å². The summed E-state index contributed by atoms with van der Waals surface area (Å²) >= 11 is 0. The third kappa shape index (κ3) is 5.25. The number of hydrazine groups is 1. The third-order valence-corrected chi connectivity index (χ3v) is 6.36. The number of hydrogen-bond acceptors (Lipinski definition) is 4. The number of anilines is 1. The van der Waals surface area contributed by atoms with Gasteiger partial charge in [0.05, 0.1) is 11.6 Å². The van der Waals surface area contributed by atoms with Gasteiger partial charge in [-0.25, -0.2) is 5.01 Å². The fraction of sp³-hybridized carbons (Fsp3) is 0.276. The fourth-order valence-corrected chi connectivity index (χ4v) is 4.23. The minimum atomic E-state index is -0.884. The molecule has 0 bridgehead atoms. The average molecular weight is 486 g/mol. The third-order valence-electron chi connectivity index (χ3n) is 6.36. The topological polar surface area (TPSA) is 87.7 Å². The molecule has 186 valence electrons. The molecule has 1 heterocycles. The number of nitrogens with one attached hydrogen (secondary N) is 2. The molecule has 36 heavy (non-hydrogen) atoms. The van der Waals surface area contributed by atoms with E-state index >= 15 is 0 Å². The largest absolute Gasteiger partial charge is 0.484 e. The van der Waals surface area contributed by atoms with Crippen LogP contribution in [0, 0.1) is 0 Å². The molecule has 7 heteroatoms. The molecular formula is C29H31N3O4. The molecule has 0 saturated carbocycles. The monoisotopic (exact) mass is 485 g/mol. The van der Waals surface area contributed by atoms with E-state index in [1.807, 2.05) is 73.7 Å². The number of amides is 3. The Kier molecular flexibility index (Phi) is 7.38. The molecular weight excluding hydrogens is 454 g/mol. The van der Waals surface area contributed by atoms with Crippen LogP contribution in [0.5, 0.6) is 5.75 Å². The first-order chi connectivity index (χ1) is 17.3. The van der Waals surface area contributed by atoms with Crippen molar-refractivity contribution in [2.45, 2.75) is 45.6 Å². The summed E-state index contributed by atoms with van der Waals surface area (Å²) in [6.45, 7) is 7.37. The Morgan fingerprint density at radius 2 is 1.56 bits per heavy atom. The zero-order chi connectivity index (χ0) is 25.8. The summed E-state index contributed by atoms with van der Waals surface area (Å²) in [6, 6.07) is 21.9. The lowest BCUT2D eigenvalue weighted by Gasteiger charge is -2.27. The molecule has 0 aromatic heterocycles. The summed E-state index contributed by atoms with van der Waals surface area (Å²) in [5.74, 6) is -0.685. The van der Waals surface area contributed by atoms with Crippen molar-refractivity contribution in [1.29, 1.82) is 0 Å². The van der Waals surface area contributed by atoms with E-state index in [4.69, 9.17) is 4.74 Å². The predicted molar refractivity (Wildman–Crippen MR) is 140 cm³/mol. The molecule has 0 fully saturated rings. The maximum absolute atomic E-state index is 13.4. The number of carbonyl (C=O) groups is 3. The molecule has 2 N–H and O–H groups in total. The van der Waals surface area contributed by atoms with Crippen LogP contribution in [0.15, 0.2) is 72.8 Å². The Hall–Kier alpha value is -4.13. The summed E-state index contributed by atoms with van der Waals surface area (Å²) < 4.78 is 5.55. The highest BCUT2D eigenvalue weighted by molar-refractivity contribution is 6.06. The first-order valence-electron chi connectivity index (χ1n) is 12.1. The smallest absolute Gasteiger partial charge is 0.261 e. The minimum Gasteiger partial charge on any atom is -0.484 e. The van der Waals surface area contributed by atoms with Gasteiger partial charge in [0.1, 0.15) is 11.8 Å². The zero-order valence-corrected chi connectivity index (χ0v) is 20.9. The van der Waals surface area contributed by atoms with Gasteiger partial charge in [-0.1, -0.05) is 68.4 Å². The SMILES string of the molecule is CC(C)c1ccc(OCC(=O)N[C@@H](C)C(=O)NN2C(=O)C(C)c3ccccc3-c3ccccc32)cc1. The Balaban J connectivity index is 1.42. The van der Waals surface area contributed by atoms with E-state index in [-0.39, 0.29) is 12.5 Å². The fourth-order valence-electron chi connectivity index (χ4n) is 4.23. The van der Waals surface area contributed by atoms with Gasteiger partial charge in [-0.05, 0) is 54.7 Å². The van der Waals surface area contributed by atoms with Gasteiger partial charge in [-0.3, -0.25) is 19.8 Å². The molecule has 0 aliphatic carbocycles. The zero-order valence-electron chi connectivity index (χ0n) is 20.9. The van der Waals surface area contributed by atoms with Gasteiger partial charge in [-0.15, -0.1) is 0 Å². The molecule has 1 aliphatic heterocycles. The molecule has 4 rings (SSSR count). The molecule has 3 aromatic carbocycles. The van der Waals surface area contributed by atoms with E-state index in [0.29, 0.717) is 17.4 Å². The van der Waals surface area contributed by atoms with E-state index in [0.717, 1.165) is 16.7 Å². The van der Waals surface area contributed by atoms with Crippen molar-refractivity contribution in [2.24, 2.45) is 0 Å². The van der Waals surface area contributed by atoms with E-state index in [1.54, 1.807) is 13.0 Å². The molecule has 7 nitrogen and oxygen atoms in total. The number of carbonyl (C=O) groups excluding carboxylic acids is 3. The van der Waals surface area contributed by atoms with E-state index in [2.05, 4.69) is 24.6 Å². The number of fused-ring (bicyclic) bond motifs is 3. The molecule has 3 aromatic rings. The maximum Gasteiger partial charge on any atom is 0.261 e. The quantitative estimate of drug-likeness (QED) is 0.514. The van der Waals surface area contributed by atoms with E-state index < -0.39 is 23.8 Å². The minimum absolute atomic E-state index is 0.226. The van der Waals surface area contributed by atoms with E-state index in [1.165, 1.54) is 10.6 Å². The second-order valence-electron chi connectivity index (χ2n) is 9.28. The van der Waals surface area contributed by atoms with Crippen LogP contribution in [0.25, 0.3) is 11.1 Å². The maximum atomic E-state index is 13.4. The van der Waals surface area contributed by atoms with Crippen molar-refractivity contribution in [3.05, 3.63) is 83.9 Å². The lowest BCUT2D eigenvalue weighted by atomic mass is 9.92. The highest BCUT2D eigenvalue weighted by Crippen LogP contribution is 2.39. The molecule has 2 atom stereocenters. The Labute approximate surface area is 211 Å². The van der Waals surface area contributed by atoms with Gasteiger partial charge in [0.15, 0.2) is 6.61 Å². The lowest BCUT2D eigenvalue weighted by molar-refractivity contribution is -0.131. The van der Waals surface area contributed by atoms with Crippen molar-refractivity contribution in [2.75, 3.05) is 11.6 Å². The highest BCUT2D eigenvalue weighted by atomic mass is 16.5. The molecule has 1 aliphatic rings. The van der Waals surface area contributed by atoms with Crippen molar-refractivity contribution in [3.63, 3.8) is 0 Å². The summed E-state index contributed by atoms with van der Waals surface area (Å²) in [4.78, 5) is 38.8. The van der Waals surface area contributed by atoms with Crippen molar-refractivity contribution < 1.29 is 19.1 Å². The van der Waals surface area contributed by atoms with Gasteiger partial charge in [0, 0.05) is 5.56 Å². The first-order valence-corrected chi connectivity index (χ1v) is 12.1. The second-order valence-corrected chi connectivity index (χ2v) is 9.28. The highest BCUT2D eigenvalue weighted by Gasteiger charge is 2.33. The summed E-state index contributed by atoms with van der Waals surface area (Å²) in [5.41, 5.74) is 7.17.